The number of halogens is 1. The molecule has 0 saturated heterocycles. The van der Waals surface area contributed by atoms with Crippen molar-refractivity contribution in [2.45, 2.75) is 0 Å². The van der Waals surface area contributed by atoms with Crippen molar-refractivity contribution in [1.82, 2.24) is 0 Å². The zero-order valence-corrected chi connectivity index (χ0v) is 7.31. The largest absolute Gasteiger partial charge is 0.351 e. The highest BCUT2D eigenvalue weighted by molar-refractivity contribution is 6.14. The topological polar surface area (TPSA) is 63.4 Å². The molecule has 5 heteroatoms. The van der Waals surface area contributed by atoms with Crippen molar-refractivity contribution in [1.29, 1.82) is 0 Å². The van der Waals surface area contributed by atoms with Crippen LogP contribution in [0.2, 0.25) is 0 Å². The average Bonchev–Trinajstić information content (AvgIpc) is 2.19. The molecule has 0 saturated carbocycles. The first-order chi connectivity index (χ1) is 6.66. The molecule has 0 aliphatic rings. The van der Waals surface area contributed by atoms with Crippen molar-refractivity contribution >= 4 is 17.6 Å². The molecule has 0 bridgehead atoms. The third-order valence-electron chi connectivity index (χ3n) is 1.60. The third-order valence-corrected chi connectivity index (χ3v) is 1.60. The number of alkyl halides is 1. The Balaban J connectivity index is 3.01. The zero-order valence-electron chi connectivity index (χ0n) is 7.31. The molecule has 3 amide bonds. The SMILES string of the molecule is NC(=O)N(C(=O)CF)c1ccccc1. The summed E-state index contributed by atoms with van der Waals surface area (Å²) in [5.41, 5.74) is 5.21. The van der Waals surface area contributed by atoms with Gasteiger partial charge in [0.2, 0.25) is 0 Å². The minimum Gasteiger partial charge on any atom is -0.351 e. The molecule has 0 aromatic heterocycles. The van der Waals surface area contributed by atoms with Crippen LogP contribution in [0.3, 0.4) is 0 Å². The number of urea groups is 1. The highest BCUT2D eigenvalue weighted by Gasteiger charge is 2.19. The van der Waals surface area contributed by atoms with E-state index in [9.17, 15) is 14.0 Å². The Kier molecular flexibility index (Phi) is 3.17. The fourth-order valence-electron chi connectivity index (χ4n) is 1.03. The van der Waals surface area contributed by atoms with E-state index in [2.05, 4.69) is 0 Å². The molecule has 0 aliphatic carbocycles. The van der Waals surface area contributed by atoms with Gasteiger partial charge in [-0.2, -0.15) is 0 Å². The van der Waals surface area contributed by atoms with E-state index in [0.29, 0.717) is 4.90 Å². The Morgan fingerprint density at radius 1 is 1.29 bits per heavy atom. The Morgan fingerprint density at radius 3 is 2.29 bits per heavy atom. The molecule has 0 spiro atoms. The molecule has 0 fully saturated rings. The van der Waals surface area contributed by atoms with Crippen LogP contribution in [0, 0.1) is 0 Å². The van der Waals surface area contributed by atoms with Crippen LogP contribution in [0.5, 0.6) is 0 Å². The van der Waals surface area contributed by atoms with Crippen molar-refractivity contribution in [2.75, 3.05) is 11.6 Å². The first-order valence-corrected chi connectivity index (χ1v) is 3.90. The lowest BCUT2D eigenvalue weighted by Gasteiger charge is -2.16. The smallest absolute Gasteiger partial charge is 0.326 e. The maximum atomic E-state index is 12.1. The summed E-state index contributed by atoms with van der Waals surface area (Å²) in [6, 6.07) is 6.96. The van der Waals surface area contributed by atoms with Gasteiger partial charge in [0.1, 0.15) is 0 Å². The van der Waals surface area contributed by atoms with Crippen LogP contribution in [-0.2, 0) is 4.79 Å². The highest BCUT2D eigenvalue weighted by atomic mass is 19.1. The van der Waals surface area contributed by atoms with E-state index in [0.717, 1.165) is 0 Å². The second-order valence-electron chi connectivity index (χ2n) is 2.54. The van der Waals surface area contributed by atoms with E-state index in [1.165, 1.54) is 12.1 Å². The maximum absolute atomic E-state index is 12.1. The summed E-state index contributed by atoms with van der Waals surface area (Å²) >= 11 is 0. The van der Waals surface area contributed by atoms with E-state index in [1.54, 1.807) is 18.2 Å². The van der Waals surface area contributed by atoms with Gasteiger partial charge in [-0.3, -0.25) is 4.79 Å². The van der Waals surface area contributed by atoms with Gasteiger partial charge < -0.3 is 5.73 Å². The Bertz CT molecular complexity index is 340. The van der Waals surface area contributed by atoms with Gasteiger partial charge in [-0.15, -0.1) is 0 Å². The van der Waals surface area contributed by atoms with Gasteiger partial charge in [-0.25, -0.2) is 14.1 Å². The lowest BCUT2D eigenvalue weighted by atomic mass is 10.3. The van der Waals surface area contributed by atoms with Crippen LogP contribution >= 0.6 is 0 Å². The summed E-state index contributed by atoms with van der Waals surface area (Å²) in [4.78, 5) is 22.5. The molecule has 4 nitrogen and oxygen atoms in total. The number of carbonyl (C=O) groups is 2. The van der Waals surface area contributed by atoms with E-state index >= 15 is 0 Å². The van der Waals surface area contributed by atoms with Crippen LogP contribution in [-0.4, -0.2) is 18.6 Å². The minimum absolute atomic E-state index is 0.266. The highest BCUT2D eigenvalue weighted by Crippen LogP contribution is 2.12. The number of hydrogen-bond donors (Lipinski definition) is 1. The number of rotatable bonds is 2. The zero-order chi connectivity index (χ0) is 10.6. The quantitative estimate of drug-likeness (QED) is 0.768. The van der Waals surface area contributed by atoms with Crippen molar-refractivity contribution in [3.05, 3.63) is 30.3 Å². The van der Waals surface area contributed by atoms with Crippen molar-refractivity contribution in [3.8, 4) is 0 Å². The van der Waals surface area contributed by atoms with Crippen LogP contribution in [0.25, 0.3) is 0 Å². The lowest BCUT2D eigenvalue weighted by molar-refractivity contribution is -0.118. The number of imide groups is 1. The van der Waals surface area contributed by atoms with Crippen molar-refractivity contribution in [2.24, 2.45) is 5.73 Å². The predicted octanol–water partition coefficient (Wildman–Crippen LogP) is 1.07. The molecule has 0 atom stereocenters. The first kappa shape index (κ1) is 10.2. The number of anilines is 1. The fraction of sp³-hybridized carbons (Fsp3) is 0.111. The van der Waals surface area contributed by atoms with Crippen LogP contribution in [0.15, 0.2) is 30.3 Å². The predicted molar refractivity (Wildman–Crippen MR) is 49.5 cm³/mol. The Hall–Kier alpha value is -1.91. The second-order valence-corrected chi connectivity index (χ2v) is 2.54. The van der Waals surface area contributed by atoms with Crippen LogP contribution < -0.4 is 10.6 Å². The monoisotopic (exact) mass is 196 g/mol. The van der Waals surface area contributed by atoms with Gasteiger partial charge in [0.15, 0.2) is 6.67 Å². The van der Waals surface area contributed by atoms with Crippen LogP contribution in [0.1, 0.15) is 0 Å². The third kappa shape index (κ3) is 2.07. The standard InChI is InChI=1S/C9H9FN2O2/c10-6-8(13)12(9(11)14)7-4-2-1-3-5-7/h1-5H,6H2,(H2,11,14). The lowest BCUT2D eigenvalue weighted by Crippen LogP contribution is -2.41. The summed E-state index contributed by atoms with van der Waals surface area (Å²) in [6.45, 7) is -1.25. The number of para-hydroxylation sites is 1. The molecule has 1 aromatic rings. The van der Waals surface area contributed by atoms with Gasteiger partial charge >= 0.3 is 6.03 Å². The molecule has 14 heavy (non-hydrogen) atoms. The van der Waals surface area contributed by atoms with Gasteiger partial charge in [0.05, 0.1) is 5.69 Å². The van der Waals surface area contributed by atoms with E-state index < -0.39 is 18.6 Å². The second kappa shape index (κ2) is 4.36. The molecular formula is C9H9FN2O2. The summed E-state index contributed by atoms with van der Waals surface area (Å²) in [7, 11) is 0. The first-order valence-electron chi connectivity index (χ1n) is 3.90. The summed E-state index contributed by atoms with van der Waals surface area (Å²) in [6.07, 6.45) is 0. The van der Waals surface area contributed by atoms with Crippen molar-refractivity contribution < 1.29 is 14.0 Å². The molecule has 74 valence electrons. The number of hydrogen-bond acceptors (Lipinski definition) is 2. The molecule has 0 radical (unpaired) electrons. The van der Waals surface area contributed by atoms with Gasteiger partial charge in [-0.1, -0.05) is 18.2 Å². The molecule has 1 aromatic carbocycles. The van der Waals surface area contributed by atoms with E-state index in [-0.39, 0.29) is 5.69 Å². The van der Waals surface area contributed by atoms with Gasteiger partial charge in [0, 0.05) is 0 Å². The maximum Gasteiger partial charge on any atom is 0.326 e. The molecule has 0 heterocycles. The number of primary amides is 1. The van der Waals surface area contributed by atoms with Crippen LogP contribution in [0.4, 0.5) is 14.9 Å². The molecule has 0 aliphatic heterocycles. The summed E-state index contributed by atoms with van der Waals surface area (Å²) < 4.78 is 12.1. The number of carbonyl (C=O) groups excluding carboxylic acids is 2. The van der Waals surface area contributed by atoms with Gasteiger partial charge in [0.25, 0.3) is 5.91 Å². The normalized spacial score (nSPS) is 9.50. The van der Waals surface area contributed by atoms with Crippen molar-refractivity contribution in [3.63, 3.8) is 0 Å². The number of benzene rings is 1. The summed E-state index contributed by atoms with van der Waals surface area (Å²) in [5.74, 6) is -0.969. The fourth-order valence-corrected chi connectivity index (χ4v) is 1.03. The summed E-state index contributed by atoms with van der Waals surface area (Å²) in [5, 5.41) is 0. The number of amides is 3. The molecule has 0 unspecified atom stereocenters. The Morgan fingerprint density at radius 2 is 1.86 bits per heavy atom. The van der Waals surface area contributed by atoms with Gasteiger partial charge in [-0.05, 0) is 12.1 Å². The van der Waals surface area contributed by atoms with E-state index in [4.69, 9.17) is 5.73 Å². The number of nitrogens with two attached hydrogens (primary N) is 1. The van der Waals surface area contributed by atoms with E-state index in [1.807, 2.05) is 0 Å². The molecular weight excluding hydrogens is 187 g/mol. The number of nitrogens with zero attached hydrogens (tertiary/aromatic N) is 1. The average molecular weight is 196 g/mol. The molecule has 2 N–H and O–H groups in total. The Labute approximate surface area is 80.1 Å². The molecule has 1 rings (SSSR count). The minimum atomic E-state index is -1.25.